The fraction of sp³-hybridized carbons (Fsp3) is 0.500. The molecular formula is C18H17NO6. The molecule has 0 aliphatic carbocycles. The molecule has 1 N–H and O–H groups in total. The summed E-state index contributed by atoms with van der Waals surface area (Å²) < 4.78 is 11.5. The fourth-order valence-corrected chi connectivity index (χ4v) is 5.25. The summed E-state index contributed by atoms with van der Waals surface area (Å²) in [7, 11) is 0. The second-order valence-electron chi connectivity index (χ2n) is 7.32. The highest BCUT2D eigenvalue weighted by atomic mass is 16.5. The molecule has 0 unspecified atom stereocenters. The van der Waals surface area contributed by atoms with Crippen LogP contribution in [0.5, 0.6) is 0 Å². The van der Waals surface area contributed by atoms with E-state index in [1.807, 2.05) is 0 Å². The van der Waals surface area contributed by atoms with Gasteiger partial charge >= 0.3 is 5.97 Å². The number of hydrogen-bond donors (Lipinski definition) is 1. The first-order chi connectivity index (χ1) is 12.0. The Morgan fingerprint density at radius 3 is 2.88 bits per heavy atom. The van der Waals surface area contributed by atoms with Crippen molar-refractivity contribution in [2.75, 3.05) is 0 Å². The van der Waals surface area contributed by atoms with E-state index >= 15 is 0 Å². The molecule has 25 heavy (non-hydrogen) atoms. The maximum Gasteiger partial charge on any atom is 0.310 e. The van der Waals surface area contributed by atoms with E-state index < -0.39 is 47.5 Å². The summed E-state index contributed by atoms with van der Waals surface area (Å²) in [6.45, 7) is 1.79. The minimum atomic E-state index is -1.04. The molecule has 0 aromatic carbocycles. The molecule has 1 spiro atoms. The smallest absolute Gasteiger partial charge is 0.310 e. The average Bonchev–Trinajstić information content (AvgIpc) is 3.32. The molecule has 3 saturated heterocycles. The molecule has 4 aliphatic rings. The molecule has 1 aromatic heterocycles. The number of fused-ring (bicyclic) bond motifs is 2. The number of carboxylic acid groups (broad SMARTS) is 1. The topological polar surface area (TPSA) is 97.1 Å². The molecule has 0 saturated carbocycles. The Bertz CT molecular complexity index is 814. The maximum atomic E-state index is 13.3. The average molecular weight is 343 g/mol. The first-order valence-corrected chi connectivity index (χ1v) is 8.44. The summed E-state index contributed by atoms with van der Waals surface area (Å²) in [5, 5.41) is 9.63. The van der Waals surface area contributed by atoms with Crippen LogP contribution in [0.2, 0.25) is 0 Å². The Hall–Kier alpha value is -2.41. The van der Waals surface area contributed by atoms with Gasteiger partial charge in [-0.3, -0.25) is 14.4 Å². The Morgan fingerprint density at radius 1 is 1.40 bits per heavy atom. The van der Waals surface area contributed by atoms with Crippen molar-refractivity contribution in [1.82, 2.24) is 4.90 Å². The minimum absolute atomic E-state index is 0.0321. The lowest BCUT2D eigenvalue weighted by atomic mass is 9.71. The molecule has 4 aliphatic heterocycles. The number of nitrogens with zero attached hydrogens (tertiary/aromatic N) is 1. The normalized spacial score (nSPS) is 44.3. The number of furan rings is 1. The summed E-state index contributed by atoms with van der Waals surface area (Å²) in [4.78, 5) is 39.3. The van der Waals surface area contributed by atoms with E-state index in [4.69, 9.17) is 9.15 Å². The quantitative estimate of drug-likeness (QED) is 0.810. The first-order valence-electron chi connectivity index (χ1n) is 8.44. The van der Waals surface area contributed by atoms with Crippen molar-refractivity contribution in [3.05, 3.63) is 36.3 Å². The molecule has 7 atom stereocenters. The van der Waals surface area contributed by atoms with Gasteiger partial charge in [0.25, 0.3) is 0 Å². The molecule has 130 valence electrons. The van der Waals surface area contributed by atoms with Gasteiger partial charge in [-0.15, -0.1) is 0 Å². The van der Waals surface area contributed by atoms with Crippen molar-refractivity contribution in [2.24, 2.45) is 17.8 Å². The number of hydrogen-bond acceptors (Lipinski definition) is 5. The summed E-state index contributed by atoms with van der Waals surface area (Å²) in [5.74, 6) is -2.85. The van der Waals surface area contributed by atoms with Crippen molar-refractivity contribution in [1.29, 1.82) is 0 Å². The third-order valence-corrected chi connectivity index (χ3v) is 6.24. The Kier molecular flexibility index (Phi) is 2.74. The van der Waals surface area contributed by atoms with Crippen LogP contribution in [-0.2, 0) is 19.1 Å². The number of piperidine rings is 1. The van der Waals surface area contributed by atoms with Crippen molar-refractivity contribution in [2.45, 2.75) is 37.1 Å². The lowest BCUT2D eigenvalue weighted by Crippen LogP contribution is -2.55. The number of amides is 1. The molecular weight excluding hydrogens is 326 g/mol. The van der Waals surface area contributed by atoms with Crippen LogP contribution in [-0.4, -0.2) is 45.4 Å². The third-order valence-electron chi connectivity index (χ3n) is 6.24. The van der Waals surface area contributed by atoms with Crippen LogP contribution in [0.1, 0.15) is 25.1 Å². The van der Waals surface area contributed by atoms with Gasteiger partial charge in [-0.25, -0.2) is 0 Å². The second-order valence-corrected chi connectivity index (χ2v) is 7.32. The molecule has 2 bridgehead atoms. The summed E-state index contributed by atoms with van der Waals surface area (Å²) in [6.07, 6.45) is 4.59. The van der Waals surface area contributed by atoms with Crippen LogP contribution in [0.25, 0.3) is 0 Å². The molecule has 7 nitrogen and oxygen atoms in total. The number of rotatable bonds is 2. The van der Waals surface area contributed by atoms with Crippen molar-refractivity contribution >= 4 is 17.7 Å². The number of aliphatic carboxylic acids is 1. The zero-order valence-corrected chi connectivity index (χ0v) is 13.5. The summed E-state index contributed by atoms with van der Waals surface area (Å²) >= 11 is 0. The standard InChI is InChI=1S/C18H17NO6/c1-8-10(20)7-9(11-3-2-6-24-11)19-15(8)18-5-4-12(25-18)13(17(22)23)14(18)16(19)21/h2-6,8-9,12-15H,7H2,1H3,(H,22,23)/t8-,9-,12+,13-,14+,15-,18-/m0/s1. The van der Waals surface area contributed by atoms with Gasteiger partial charge in [-0.2, -0.15) is 0 Å². The molecule has 5 rings (SSSR count). The van der Waals surface area contributed by atoms with E-state index in [2.05, 4.69) is 0 Å². The van der Waals surface area contributed by atoms with Crippen LogP contribution in [0.4, 0.5) is 0 Å². The van der Waals surface area contributed by atoms with Crippen LogP contribution in [0.15, 0.2) is 35.0 Å². The second kappa shape index (κ2) is 4.60. The van der Waals surface area contributed by atoms with E-state index in [0.29, 0.717) is 5.76 Å². The van der Waals surface area contributed by atoms with E-state index in [-0.39, 0.29) is 18.1 Å². The summed E-state index contributed by atoms with van der Waals surface area (Å²) in [5.41, 5.74) is -1.04. The van der Waals surface area contributed by atoms with Gasteiger partial charge in [0.1, 0.15) is 23.1 Å². The fourth-order valence-electron chi connectivity index (χ4n) is 5.25. The van der Waals surface area contributed by atoms with Gasteiger partial charge in [-0.1, -0.05) is 19.1 Å². The highest BCUT2D eigenvalue weighted by Gasteiger charge is 2.74. The number of carboxylic acids is 1. The molecule has 7 heteroatoms. The van der Waals surface area contributed by atoms with Crippen LogP contribution < -0.4 is 0 Å². The number of carbonyl (C=O) groups is 3. The van der Waals surface area contributed by atoms with Gasteiger partial charge < -0.3 is 19.2 Å². The monoisotopic (exact) mass is 343 g/mol. The molecule has 5 heterocycles. The van der Waals surface area contributed by atoms with E-state index in [1.165, 1.54) is 6.26 Å². The number of ether oxygens (including phenoxy) is 1. The number of Topliss-reactive ketones (excluding diaryl/α,β-unsaturated/α-hetero) is 1. The van der Waals surface area contributed by atoms with Crippen LogP contribution in [0, 0.1) is 17.8 Å². The van der Waals surface area contributed by atoms with Gasteiger partial charge in [0.15, 0.2) is 0 Å². The predicted octanol–water partition coefficient (Wildman–Crippen LogP) is 1.16. The van der Waals surface area contributed by atoms with E-state index in [9.17, 15) is 19.5 Å². The van der Waals surface area contributed by atoms with Gasteiger partial charge in [-0.05, 0) is 12.1 Å². The zero-order chi connectivity index (χ0) is 17.5. The first kappa shape index (κ1) is 14.9. The highest BCUT2D eigenvalue weighted by molar-refractivity contribution is 5.95. The van der Waals surface area contributed by atoms with Gasteiger partial charge in [0, 0.05) is 12.3 Å². The lowest BCUT2D eigenvalue weighted by Gasteiger charge is -2.43. The lowest BCUT2D eigenvalue weighted by molar-refractivity contribution is -0.152. The Balaban J connectivity index is 1.67. The van der Waals surface area contributed by atoms with Crippen molar-refractivity contribution < 1.29 is 28.6 Å². The third kappa shape index (κ3) is 1.62. The van der Waals surface area contributed by atoms with Crippen LogP contribution in [0.3, 0.4) is 0 Å². The largest absolute Gasteiger partial charge is 0.481 e. The number of carbonyl (C=O) groups excluding carboxylic acids is 2. The van der Waals surface area contributed by atoms with Crippen molar-refractivity contribution in [3.8, 4) is 0 Å². The maximum absolute atomic E-state index is 13.3. The van der Waals surface area contributed by atoms with Crippen LogP contribution >= 0.6 is 0 Å². The Labute approximate surface area is 143 Å². The number of ketones is 1. The van der Waals surface area contributed by atoms with E-state index in [0.717, 1.165) is 0 Å². The molecule has 0 radical (unpaired) electrons. The molecule has 1 amide bonds. The zero-order valence-electron chi connectivity index (χ0n) is 13.5. The minimum Gasteiger partial charge on any atom is -0.481 e. The van der Waals surface area contributed by atoms with Gasteiger partial charge in [0.2, 0.25) is 5.91 Å². The predicted molar refractivity (Wildman–Crippen MR) is 82.2 cm³/mol. The summed E-state index contributed by atoms with van der Waals surface area (Å²) in [6, 6.07) is 2.44. The van der Waals surface area contributed by atoms with Gasteiger partial charge in [0.05, 0.1) is 30.4 Å². The van der Waals surface area contributed by atoms with E-state index in [1.54, 1.807) is 36.1 Å². The van der Waals surface area contributed by atoms with Crippen molar-refractivity contribution in [3.63, 3.8) is 0 Å². The highest BCUT2D eigenvalue weighted by Crippen LogP contribution is 2.59. The SMILES string of the molecule is C[C@H]1C(=O)C[C@@H](c2ccco2)N2C(=O)[C@H]3[C@@H](C(=O)O)[C@H]4C=C[C@@]3(O4)[C@H]12. The molecule has 3 fully saturated rings. The Morgan fingerprint density at radius 2 is 2.20 bits per heavy atom. The molecule has 1 aromatic rings.